The predicted octanol–water partition coefficient (Wildman–Crippen LogP) is 5.83. The molecule has 0 radical (unpaired) electrons. The van der Waals surface area contributed by atoms with Crippen molar-refractivity contribution in [2.75, 3.05) is 11.9 Å². The number of nitrogens with two attached hydrogens (primary N) is 1. The first kappa shape index (κ1) is 26.4. The monoisotopic (exact) mass is 509 g/mol. The van der Waals surface area contributed by atoms with E-state index in [1.807, 2.05) is 37.3 Å². The summed E-state index contributed by atoms with van der Waals surface area (Å²) < 4.78 is 5.73. The summed E-state index contributed by atoms with van der Waals surface area (Å²) in [6.07, 6.45) is 5.22. The molecule has 184 valence electrons. The molecule has 0 spiro atoms. The lowest BCUT2D eigenvalue weighted by Gasteiger charge is -2.10. The van der Waals surface area contributed by atoms with Crippen molar-refractivity contribution in [1.82, 2.24) is 5.32 Å². The Hall–Kier alpha value is -3.23. The van der Waals surface area contributed by atoms with Gasteiger partial charge in [-0.25, -0.2) is 0 Å². The van der Waals surface area contributed by atoms with Crippen LogP contribution in [0.4, 0.5) is 5.00 Å². The lowest BCUT2D eigenvalue weighted by Crippen LogP contribution is -2.34. The van der Waals surface area contributed by atoms with Crippen LogP contribution in [0.3, 0.4) is 0 Å². The Morgan fingerprint density at radius 3 is 2.40 bits per heavy atom. The largest absolute Gasteiger partial charge is 0.494 e. The van der Waals surface area contributed by atoms with Gasteiger partial charge in [-0.1, -0.05) is 56.5 Å². The van der Waals surface area contributed by atoms with Gasteiger partial charge in [0, 0.05) is 16.9 Å². The van der Waals surface area contributed by atoms with Crippen LogP contribution in [0, 0.1) is 6.92 Å². The van der Waals surface area contributed by atoms with Crippen molar-refractivity contribution >= 4 is 45.5 Å². The summed E-state index contributed by atoms with van der Waals surface area (Å²) in [5, 5.41) is 6.28. The average molecular weight is 510 g/mol. The van der Waals surface area contributed by atoms with Crippen LogP contribution in [0.15, 0.2) is 54.6 Å². The van der Waals surface area contributed by atoms with E-state index in [2.05, 4.69) is 17.6 Å². The SMILES string of the molecule is CCCCCCOc1ccc(C(=O)NC(=S)Nc2sc(Cc3ccccc3)c(C)c2C(N)=O)cc1. The van der Waals surface area contributed by atoms with Crippen LogP contribution in [0.2, 0.25) is 0 Å². The molecule has 0 saturated heterocycles. The number of anilines is 1. The van der Waals surface area contributed by atoms with Crippen molar-refractivity contribution in [3.05, 3.63) is 81.7 Å². The zero-order chi connectivity index (χ0) is 25.2. The highest BCUT2D eigenvalue weighted by molar-refractivity contribution is 7.80. The lowest BCUT2D eigenvalue weighted by atomic mass is 10.1. The molecule has 1 heterocycles. The van der Waals surface area contributed by atoms with Crippen molar-refractivity contribution in [1.29, 1.82) is 0 Å². The van der Waals surface area contributed by atoms with Crippen LogP contribution in [-0.2, 0) is 6.42 Å². The summed E-state index contributed by atoms with van der Waals surface area (Å²) in [6, 6.07) is 16.9. The number of carbonyl (C=O) groups is 2. The molecular formula is C27H31N3O3S2. The summed E-state index contributed by atoms with van der Waals surface area (Å²) in [5.74, 6) is -0.166. The van der Waals surface area contributed by atoms with Crippen LogP contribution in [0.1, 0.15) is 69.3 Å². The van der Waals surface area contributed by atoms with Gasteiger partial charge in [0.2, 0.25) is 0 Å². The van der Waals surface area contributed by atoms with E-state index in [0.29, 0.717) is 29.2 Å². The molecule has 0 fully saturated rings. The molecule has 4 N–H and O–H groups in total. The number of thiophene rings is 1. The number of hydrogen-bond acceptors (Lipinski definition) is 5. The molecule has 0 aliphatic rings. The van der Waals surface area contributed by atoms with Crippen LogP contribution in [0.5, 0.6) is 5.75 Å². The van der Waals surface area contributed by atoms with Gasteiger partial charge >= 0.3 is 0 Å². The summed E-state index contributed by atoms with van der Waals surface area (Å²) in [6.45, 7) is 4.70. The van der Waals surface area contributed by atoms with Gasteiger partial charge < -0.3 is 15.8 Å². The van der Waals surface area contributed by atoms with Crippen molar-refractivity contribution in [2.45, 2.75) is 46.0 Å². The molecule has 8 heteroatoms. The first-order valence-electron chi connectivity index (χ1n) is 11.7. The number of unbranched alkanes of at least 4 members (excludes halogenated alkanes) is 3. The number of rotatable bonds is 11. The minimum atomic E-state index is -0.542. The molecule has 1 aromatic heterocycles. The summed E-state index contributed by atoms with van der Waals surface area (Å²) >= 11 is 6.75. The van der Waals surface area contributed by atoms with Crippen molar-refractivity contribution in [2.24, 2.45) is 5.73 Å². The maximum Gasteiger partial charge on any atom is 0.257 e. The number of nitrogens with one attached hydrogen (secondary N) is 2. The van der Waals surface area contributed by atoms with Gasteiger partial charge in [-0.15, -0.1) is 11.3 Å². The van der Waals surface area contributed by atoms with Crippen LogP contribution in [-0.4, -0.2) is 23.5 Å². The summed E-state index contributed by atoms with van der Waals surface area (Å²) in [7, 11) is 0. The second kappa shape index (κ2) is 13.0. The van der Waals surface area contributed by atoms with Crippen LogP contribution >= 0.6 is 23.6 Å². The highest BCUT2D eigenvalue weighted by atomic mass is 32.1. The normalized spacial score (nSPS) is 10.6. The van der Waals surface area contributed by atoms with E-state index >= 15 is 0 Å². The first-order valence-corrected chi connectivity index (χ1v) is 12.9. The van der Waals surface area contributed by atoms with E-state index in [9.17, 15) is 9.59 Å². The third-order valence-electron chi connectivity index (χ3n) is 5.54. The Balaban J connectivity index is 1.61. The number of hydrogen-bond donors (Lipinski definition) is 3. The minimum Gasteiger partial charge on any atom is -0.494 e. The fraction of sp³-hybridized carbons (Fsp3) is 0.296. The van der Waals surface area contributed by atoms with Gasteiger partial charge in [-0.2, -0.15) is 0 Å². The Kier molecular flexibility index (Phi) is 9.81. The minimum absolute atomic E-state index is 0.0984. The van der Waals surface area contributed by atoms with Gasteiger partial charge in [-0.3, -0.25) is 14.9 Å². The van der Waals surface area contributed by atoms with E-state index < -0.39 is 5.91 Å². The van der Waals surface area contributed by atoms with Crippen molar-refractivity contribution in [3.8, 4) is 5.75 Å². The standard InChI is InChI=1S/C27H31N3O3S2/c1-3-4-5-9-16-33-21-14-12-20(13-15-21)25(32)29-27(34)30-26-23(24(28)31)18(2)22(35-26)17-19-10-7-6-8-11-19/h6-8,10-15H,3-5,9,16-17H2,1-2H3,(H2,28,31)(H2,29,30,32,34). The molecule has 0 aliphatic carbocycles. The molecule has 3 aromatic rings. The van der Waals surface area contributed by atoms with Gasteiger partial charge in [0.05, 0.1) is 12.2 Å². The van der Waals surface area contributed by atoms with Crippen molar-refractivity contribution < 1.29 is 14.3 Å². The van der Waals surface area contributed by atoms with Gasteiger partial charge in [0.15, 0.2) is 5.11 Å². The smallest absolute Gasteiger partial charge is 0.257 e. The molecule has 3 rings (SSSR count). The molecule has 0 atom stereocenters. The third kappa shape index (κ3) is 7.63. The van der Waals surface area contributed by atoms with Crippen molar-refractivity contribution in [3.63, 3.8) is 0 Å². The number of thiocarbonyl (C=S) groups is 1. The number of amides is 2. The fourth-order valence-corrected chi connectivity index (χ4v) is 5.13. The number of ether oxygens (including phenoxy) is 1. The van der Waals surface area contributed by atoms with Crippen LogP contribution < -0.4 is 21.1 Å². The number of benzene rings is 2. The van der Waals surface area contributed by atoms with E-state index in [1.165, 1.54) is 24.2 Å². The van der Waals surface area contributed by atoms with Gasteiger partial charge in [0.25, 0.3) is 11.8 Å². The lowest BCUT2D eigenvalue weighted by molar-refractivity contribution is 0.0975. The summed E-state index contributed by atoms with van der Waals surface area (Å²) in [5.41, 5.74) is 8.43. The van der Waals surface area contributed by atoms with Gasteiger partial charge in [-0.05, 0) is 61.0 Å². The summed E-state index contributed by atoms with van der Waals surface area (Å²) in [4.78, 5) is 25.8. The average Bonchev–Trinajstić information content (AvgIpc) is 3.14. The molecular weight excluding hydrogens is 478 g/mol. The Morgan fingerprint density at radius 1 is 1.03 bits per heavy atom. The predicted molar refractivity (Wildman–Crippen MR) is 147 cm³/mol. The molecule has 35 heavy (non-hydrogen) atoms. The zero-order valence-corrected chi connectivity index (χ0v) is 21.7. The second-order valence-electron chi connectivity index (χ2n) is 8.22. The highest BCUT2D eigenvalue weighted by Crippen LogP contribution is 2.34. The van der Waals surface area contributed by atoms with Gasteiger partial charge in [0.1, 0.15) is 10.8 Å². The fourth-order valence-electron chi connectivity index (χ4n) is 3.63. The van der Waals surface area contributed by atoms with E-state index in [4.69, 9.17) is 22.7 Å². The maximum atomic E-state index is 12.7. The Morgan fingerprint density at radius 2 is 1.74 bits per heavy atom. The third-order valence-corrected chi connectivity index (χ3v) is 6.95. The molecule has 0 unspecified atom stereocenters. The molecule has 0 saturated carbocycles. The second-order valence-corrected chi connectivity index (χ2v) is 9.74. The number of primary amides is 1. The zero-order valence-electron chi connectivity index (χ0n) is 20.1. The number of carbonyl (C=O) groups excluding carboxylic acids is 2. The highest BCUT2D eigenvalue weighted by Gasteiger charge is 2.21. The Labute approximate surface area is 215 Å². The van der Waals surface area contributed by atoms with E-state index in [-0.39, 0.29) is 11.0 Å². The van der Waals surface area contributed by atoms with E-state index in [0.717, 1.165) is 34.6 Å². The Bertz CT molecular complexity index is 1160. The quantitative estimate of drug-likeness (QED) is 0.223. The van der Waals surface area contributed by atoms with Crippen LogP contribution in [0.25, 0.3) is 0 Å². The molecule has 0 aliphatic heterocycles. The first-order chi connectivity index (χ1) is 16.9. The topological polar surface area (TPSA) is 93.4 Å². The molecule has 2 aromatic carbocycles. The molecule has 6 nitrogen and oxygen atoms in total. The maximum absolute atomic E-state index is 12.7. The molecule has 0 bridgehead atoms. The molecule has 2 amide bonds. The van der Waals surface area contributed by atoms with E-state index in [1.54, 1.807) is 24.3 Å².